The maximum atomic E-state index is 12.2. The van der Waals surface area contributed by atoms with Gasteiger partial charge in [-0.1, -0.05) is 28.9 Å². The SMILES string of the molecule is CC/C(C)=C(\NC(=O)OC(C)(C)C)c1cc(CBr)ccc1OC. The van der Waals surface area contributed by atoms with E-state index >= 15 is 0 Å². The molecule has 0 aliphatic rings. The van der Waals surface area contributed by atoms with Crippen molar-refractivity contribution >= 4 is 27.7 Å². The second-order valence-electron chi connectivity index (χ2n) is 6.30. The summed E-state index contributed by atoms with van der Waals surface area (Å²) in [4.78, 5) is 12.2. The van der Waals surface area contributed by atoms with E-state index in [1.807, 2.05) is 52.8 Å². The molecule has 0 fully saturated rings. The van der Waals surface area contributed by atoms with Gasteiger partial charge in [-0.05, 0) is 57.4 Å². The smallest absolute Gasteiger partial charge is 0.412 e. The minimum atomic E-state index is -0.545. The number of alkyl carbamates (subject to hydrolysis) is 1. The van der Waals surface area contributed by atoms with Crippen LogP contribution >= 0.6 is 15.9 Å². The van der Waals surface area contributed by atoms with Crippen molar-refractivity contribution < 1.29 is 14.3 Å². The zero-order chi connectivity index (χ0) is 17.6. The highest BCUT2D eigenvalue weighted by atomic mass is 79.9. The summed E-state index contributed by atoms with van der Waals surface area (Å²) in [7, 11) is 1.62. The van der Waals surface area contributed by atoms with Crippen molar-refractivity contribution in [3.63, 3.8) is 0 Å². The van der Waals surface area contributed by atoms with Gasteiger partial charge >= 0.3 is 6.09 Å². The number of rotatable bonds is 5. The summed E-state index contributed by atoms with van der Waals surface area (Å²) in [6.07, 6.45) is 0.346. The normalized spacial score (nSPS) is 12.5. The molecule has 0 saturated carbocycles. The molecule has 0 atom stereocenters. The Morgan fingerprint density at radius 2 is 1.96 bits per heavy atom. The Morgan fingerprint density at radius 1 is 1.30 bits per heavy atom. The molecular formula is C18H26BrNO3. The lowest BCUT2D eigenvalue weighted by molar-refractivity contribution is 0.0557. The van der Waals surface area contributed by atoms with Crippen LogP contribution in [-0.2, 0) is 10.1 Å². The Kier molecular flexibility index (Phi) is 7.13. The molecule has 0 radical (unpaired) electrons. The van der Waals surface area contributed by atoms with Crippen molar-refractivity contribution in [1.82, 2.24) is 5.32 Å². The minimum Gasteiger partial charge on any atom is -0.496 e. The van der Waals surface area contributed by atoms with Crippen LogP contribution in [0.5, 0.6) is 5.75 Å². The Labute approximate surface area is 147 Å². The molecule has 0 heterocycles. The number of benzene rings is 1. The van der Waals surface area contributed by atoms with E-state index in [9.17, 15) is 4.79 Å². The van der Waals surface area contributed by atoms with E-state index in [2.05, 4.69) is 21.2 Å². The molecule has 0 aromatic heterocycles. The first kappa shape index (κ1) is 19.6. The van der Waals surface area contributed by atoms with Gasteiger partial charge in [0.05, 0.1) is 12.8 Å². The van der Waals surface area contributed by atoms with Gasteiger partial charge in [0, 0.05) is 10.9 Å². The van der Waals surface area contributed by atoms with Crippen LogP contribution in [0, 0.1) is 0 Å². The minimum absolute atomic E-state index is 0.466. The van der Waals surface area contributed by atoms with E-state index in [-0.39, 0.29) is 0 Å². The number of halogens is 1. The fraction of sp³-hybridized carbons (Fsp3) is 0.500. The third-order valence-corrected chi connectivity index (χ3v) is 3.92. The van der Waals surface area contributed by atoms with E-state index in [4.69, 9.17) is 9.47 Å². The molecule has 0 unspecified atom stereocenters. The quantitative estimate of drug-likeness (QED) is 0.705. The maximum Gasteiger partial charge on any atom is 0.412 e. The lowest BCUT2D eigenvalue weighted by atomic mass is 10.0. The van der Waals surface area contributed by atoms with Crippen molar-refractivity contribution in [2.24, 2.45) is 0 Å². The number of nitrogens with one attached hydrogen (secondary N) is 1. The molecule has 1 amide bonds. The Hall–Kier alpha value is -1.49. The van der Waals surface area contributed by atoms with Crippen LogP contribution in [0.2, 0.25) is 0 Å². The molecule has 5 heteroatoms. The Morgan fingerprint density at radius 3 is 2.43 bits per heavy atom. The molecule has 23 heavy (non-hydrogen) atoms. The monoisotopic (exact) mass is 383 g/mol. The second kappa shape index (κ2) is 8.39. The van der Waals surface area contributed by atoms with Gasteiger partial charge in [-0.25, -0.2) is 4.79 Å². The standard InChI is InChI=1S/C18H26BrNO3/c1-7-12(2)16(20-17(21)23-18(3,4)5)14-10-13(11-19)8-9-15(14)22-6/h8-10H,7,11H2,1-6H3,(H,20,21)/b16-12-. The zero-order valence-corrected chi connectivity index (χ0v) is 16.3. The summed E-state index contributed by atoms with van der Waals surface area (Å²) in [5, 5.41) is 3.62. The fourth-order valence-electron chi connectivity index (χ4n) is 2.02. The van der Waals surface area contributed by atoms with E-state index in [1.165, 1.54) is 0 Å². The van der Waals surface area contributed by atoms with Crippen molar-refractivity contribution in [1.29, 1.82) is 0 Å². The predicted molar refractivity (Wildman–Crippen MR) is 97.9 cm³/mol. The molecule has 1 aromatic carbocycles. The maximum absolute atomic E-state index is 12.2. The van der Waals surface area contributed by atoms with Crippen molar-refractivity contribution in [3.05, 3.63) is 34.9 Å². The molecular weight excluding hydrogens is 358 g/mol. The first-order valence-electron chi connectivity index (χ1n) is 7.64. The average molecular weight is 384 g/mol. The van der Waals surface area contributed by atoms with Crippen LogP contribution in [-0.4, -0.2) is 18.8 Å². The van der Waals surface area contributed by atoms with E-state index in [1.54, 1.807) is 7.11 Å². The molecule has 128 valence electrons. The number of hydrogen-bond acceptors (Lipinski definition) is 3. The third kappa shape index (κ3) is 5.90. The summed E-state index contributed by atoms with van der Waals surface area (Å²) in [6, 6.07) is 5.91. The highest BCUT2D eigenvalue weighted by molar-refractivity contribution is 9.08. The lowest BCUT2D eigenvalue weighted by Gasteiger charge is -2.22. The van der Waals surface area contributed by atoms with Gasteiger partial charge < -0.3 is 9.47 Å². The van der Waals surface area contributed by atoms with Crippen molar-refractivity contribution in [2.45, 2.75) is 52.0 Å². The van der Waals surface area contributed by atoms with Crippen LogP contribution in [0.4, 0.5) is 4.79 Å². The van der Waals surface area contributed by atoms with Crippen LogP contribution in [0.15, 0.2) is 23.8 Å². The number of ether oxygens (including phenoxy) is 2. The van der Waals surface area contributed by atoms with Crippen LogP contribution in [0.25, 0.3) is 5.70 Å². The Balaban J connectivity index is 3.26. The average Bonchev–Trinajstić information content (AvgIpc) is 2.49. The van der Waals surface area contributed by atoms with Gasteiger partial charge in [-0.2, -0.15) is 0 Å². The number of alkyl halides is 1. The van der Waals surface area contributed by atoms with E-state index in [0.717, 1.165) is 34.1 Å². The summed E-state index contributed by atoms with van der Waals surface area (Å²) in [5.74, 6) is 0.716. The molecule has 4 nitrogen and oxygen atoms in total. The summed E-state index contributed by atoms with van der Waals surface area (Å²) < 4.78 is 10.8. The van der Waals surface area contributed by atoms with Crippen LogP contribution in [0.1, 0.15) is 52.2 Å². The zero-order valence-electron chi connectivity index (χ0n) is 14.7. The molecule has 0 bridgehead atoms. The number of carbonyl (C=O) groups is 1. The lowest BCUT2D eigenvalue weighted by Crippen LogP contribution is -2.32. The largest absolute Gasteiger partial charge is 0.496 e. The predicted octanol–water partition coefficient (Wildman–Crippen LogP) is 5.26. The van der Waals surface area contributed by atoms with Gasteiger partial charge in [-0.3, -0.25) is 5.32 Å². The molecule has 0 aliphatic carbocycles. The topological polar surface area (TPSA) is 47.6 Å². The number of hydrogen-bond donors (Lipinski definition) is 1. The Bertz CT molecular complexity index is 588. The van der Waals surface area contributed by atoms with Gasteiger partial charge in [0.15, 0.2) is 0 Å². The van der Waals surface area contributed by atoms with Gasteiger partial charge in [0.1, 0.15) is 11.4 Å². The number of methoxy groups -OCH3 is 1. The molecule has 1 aromatic rings. The fourth-order valence-corrected chi connectivity index (χ4v) is 2.37. The molecule has 0 spiro atoms. The summed E-state index contributed by atoms with van der Waals surface area (Å²) >= 11 is 3.46. The molecule has 1 N–H and O–H groups in total. The molecule has 0 aliphatic heterocycles. The number of amides is 1. The molecule has 1 rings (SSSR count). The second-order valence-corrected chi connectivity index (χ2v) is 6.86. The highest BCUT2D eigenvalue weighted by Crippen LogP contribution is 2.29. The van der Waals surface area contributed by atoms with E-state index in [0.29, 0.717) is 5.75 Å². The van der Waals surface area contributed by atoms with Gasteiger partial charge in [0.2, 0.25) is 0 Å². The number of carbonyl (C=O) groups excluding carboxylic acids is 1. The summed E-state index contributed by atoms with van der Waals surface area (Å²) in [5.41, 5.74) is 3.21. The van der Waals surface area contributed by atoms with E-state index < -0.39 is 11.7 Å². The number of allylic oxidation sites excluding steroid dienone is 1. The van der Waals surface area contributed by atoms with Crippen molar-refractivity contribution in [2.75, 3.05) is 7.11 Å². The van der Waals surface area contributed by atoms with Crippen LogP contribution in [0.3, 0.4) is 0 Å². The van der Waals surface area contributed by atoms with Crippen LogP contribution < -0.4 is 10.1 Å². The van der Waals surface area contributed by atoms with Gasteiger partial charge in [0.25, 0.3) is 0 Å². The summed E-state index contributed by atoms with van der Waals surface area (Å²) in [6.45, 7) is 9.57. The van der Waals surface area contributed by atoms with Crippen molar-refractivity contribution in [3.8, 4) is 5.75 Å². The first-order chi connectivity index (χ1) is 10.7. The first-order valence-corrected chi connectivity index (χ1v) is 8.77. The third-order valence-electron chi connectivity index (χ3n) is 3.27. The molecule has 0 saturated heterocycles. The highest BCUT2D eigenvalue weighted by Gasteiger charge is 2.20. The van der Waals surface area contributed by atoms with Gasteiger partial charge in [-0.15, -0.1) is 0 Å².